The number of carbonyl (C=O) groups is 1. The van der Waals surface area contributed by atoms with E-state index in [0.717, 1.165) is 19.3 Å². The van der Waals surface area contributed by atoms with Crippen LogP contribution in [0.4, 0.5) is 0 Å². The minimum atomic E-state index is -0.458. The first-order valence-electron chi connectivity index (χ1n) is 7.93. The third kappa shape index (κ3) is 4.23. The minimum Gasteiger partial charge on any atom is -0.497 e. The van der Waals surface area contributed by atoms with Crippen LogP contribution >= 0.6 is 0 Å². The molecule has 0 bridgehead atoms. The largest absolute Gasteiger partial charge is 0.497 e. The Balaban J connectivity index is 1.93. The van der Waals surface area contributed by atoms with Gasteiger partial charge in [0.05, 0.1) is 12.7 Å². The van der Waals surface area contributed by atoms with Gasteiger partial charge in [-0.15, -0.1) is 0 Å². The van der Waals surface area contributed by atoms with Crippen molar-refractivity contribution in [2.24, 2.45) is 11.3 Å². The number of carbonyl (C=O) groups excluding carboxylic acids is 1. The molecule has 1 aliphatic carbocycles. The Morgan fingerprint density at radius 3 is 2.32 bits per heavy atom. The predicted octanol–water partition coefficient (Wildman–Crippen LogP) is 4.39. The summed E-state index contributed by atoms with van der Waals surface area (Å²) in [5, 5.41) is 0. The molecule has 1 aromatic carbocycles. The molecule has 1 saturated carbocycles. The van der Waals surface area contributed by atoms with Gasteiger partial charge in [0, 0.05) is 0 Å². The molecule has 0 heterocycles. The van der Waals surface area contributed by atoms with Crippen molar-refractivity contribution in [2.75, 3.05) is 7.11 Å². The Bertz CT molecular complexity index is 487. The second kappa shape index (κ2) is 7.14. The molecule has 0 saturated heterocycles. The van der Waals surface area contributed by atoms with Gasteiger partial charge < -0.3 is 4.74 Å². The van der Waals surface area contributed by atoms with E-state index in [-0.39, 0.29) is 11.5 Å². The van der Waals surface area contributed by atoms with E-state index in [9.17, 15) is 4.79 Å². The van der Waals surface area contributed by atoms with Gasteiger partial charge in [0.2, 0.25) is 0 Å². The van der Waals surface area contributed by atoms with Crippen molar-refractivity contribution in [1.82, 2.24) is 0 Å². The molecule has 0 spiro atoms. The fourth-order valence-electron chi connectivity index (χ4n) is 3.08. The summed E-state index contributed by atoms with van der Waals surface area (Å²) in [6.45, 7) is 6.64. The first-order chi connectivity index (χ1) is 10.4. The molecule has 2 rings (SSSR count). The van der Waals surface area contributed by atoms with Crippen LogP contribution < -0.4 is 4.74 Å². The van der Waals surface area contributed by atoms with E-state index in [0.29, 0.717) is 17.2 Å². The summed E-state index contributed by atoms with van der Waals surface area (Å²) in [6, 6.07) is 6.81. The van der Waals surface area contributed by atoms with Gasteiger partial charge in [-0.3, -0.25) is 4.89 Å². The maximum absolute atomic E-state index is 12.1. The summed E-state index contributed by atoms with van der Waals surface area (Å²) in [5.74, 6) is 0.656. The van der Waals surface area contributed by atoms with Gasteiger partial charge in [0.1, 0.15) is 11.9 Å². The van der Waals surface area contributed by atoms with E-state index in [1.165, 1.54) is 6.42 Å². The summed E-state index contributed by atoms with van der Waals surface area (Å²) in [6.07, 6.45) is 4.38. The monoisotopic (exact) mass is 306 g/mol. The summed E-state index contributed by atoms with van der Waals surface area (Å²) in [5.41, 5.74) is 0.612. The minimum absolute atomic E-state index is 0.0176. The highest BCUT2D eigenvalue weighted by Crippen LogP contribution is 2.39. The average Bonchev–Trinajstić information content (AvgIpc) is 2.52. The van der Waals surface area contributed by atoms with Crippen molar-refractivity contribution in [2.45, 2.75) is 52.6 Å². The van der Waals surface area contributed by atoms with Gasteiger partial charge in [-0.2, -0.15) is 4.89 Å². The third-order valence-corrected chi connectivity index (χ3v) is 4.39. The van der Waals surface area contributed by atoms with Crippen LogP contribution in [0.15, 0.2) is 24.3 Å². The van der Waals surface area contributed by atoms with Crippen molar-refractivity contribution < 1.29 is 19.3 Å². The van der Waals surface area contributed by atoms with Crippen LogP contribution in [-0.2, 0) is 9.78 Å². The van der Waals surface area contributed by atoms with Gasteiger partial charge in [-0.05, 0) is 48.4 Å². The van der Waals surface area contributed by atoms with Gasteiger partial charge in [0.25, 0.3) is 0 Å². The zero-order chi connectivity index (χ0) is 16.2. The van der Waals surface area contributed by atoms with Crippen molar-refractivity contribution in [3.8, 4) is 5.75 Å². The zero-order valence-corrected chi connectivity index (χ0v) is 13.9. The summed E-state index contributed by atoms with van der Waals surface area (Å²) >= 11 is 0. The Kier molecular flexibility index (Phi) is 5.46. The fourth-order valence-corrected chi connectivity index (χ4v) is 3.08. The predicted molar refractivity (Wildman–Crippen MR) is 84.7 cm³/mol. The molecule has 122 valence electrons. The molecule has 4 nitrogen and oxygen atoms in total. The van der Waals surface area contributed by atoms with Crippen molar-refractivity contribution in [3.63, 3.8) is 0 Å². The first kappa shape index (κ1) is 16.8. The molecular weight excluding hydrogens is 280 g/mol. The van der Waals surface area contributed by atoms with Gasteiger partial charge >= 0.3 is 5.97 Å². The number of methoxy groups -OCH3 is 1. The quantitative estimate of drug-likeness (QED) is 0.611. The first-order valence-corrected chi connectivity index (χ1v) is 7.93. The highest BCUT2D eigenvalue weighted by molar-refractivity contribution is 5.89. The van der Waals surface area contributed by atoms with Gasteiger partial charge in [-0.1, -0.05) is 33.6 Å². The van der Waals surface area contributed by atoms with Crippen LogP contribution in [0.1, 0.15) is 56.8 Å². The molecular formula is C18H26O4. The number of ether oxygens (including phenoxy) is 1. The van der Waals surface area contributed by atoms with Crippen LogP contribution in [0, 0.1) is 11.3 Å². The topological polar surface area (TPSA) is 44.8 Å². The highest BCUT2D eigenvalue weighted by atomic mass is 17.2. The van der Waals surface area contributed by atoms with E-state index in [1.807, 2.05) is 0 Å². The molecule has 1 fully saturated rings. The maximum Gasteiger partial charge on any atom is 0.373 e. The smallest absolute Gasteiger partial charge is 0.373 e. The molecule has 22 heavy (non-hydrogen) atoms. The van der Waals surface area contributed by atoms with E-state index in [4.69, 9.17) is 14.5 Å². The van der Waals surface area contributed by atoms with Crippen LogP contribution in [0.25, 0.3) is 0 Å². The number of hydrogen-bond donors (Lipinski definition) is 0. The van der Waals surface area contributed by atoms with E-state index >= 15 is 0 Å². The molecule has 0 radical (unpaired) electrons. The van der Waals surface area contributed by atoms with E-state index < -0.39 is 5.97 Å². The summed E-state index contributed by atoms with van der Waals surface area (Å²) < 4.78 is 5.07. The van der Waals surface area contributed by atoms with Crippen molar-refractivity contribution in [1.29, 1.82) is 0 Å². The lowest BCUT2D eigenvalue weighted by atomic mass is 9.71. The van der Waals surface area contributed by atoms with Crippen molar-refractivity contribution in [3.05, 3.63) is 29.8 Å². The second-order valence-corrected chi connectivity index (χ2v) is 6.99. The van der Waals surface area contributed by atoms with Crippen LogP contribution in [0.5, 0.6) is 5.75 Å². The Hall–Kier alpha value is -1.55. The molecule has 4 heteroatoms. The second-order valence-electron chi connectivity index (χ2n) is 6.99. The Morgan fingerprint density at radius 1 is 1.09 bits per heavy atom. The molecule has 0 amide bonds. The van der Waals surface area contributed by atoms with E-state index in [2.05, 4.69) is 20.8 Å². The van der Waals surface area contributed by atoms with Crippen molar-refractivity contribution >= 4 is 5.97 Å². The maximum atomic E-state index is 12.1. The average molecular weight is 306 g/mol. The van der Waals surface area contributed by atoms with Crippen LogP contribution in [0.3, 0.4) is 0 Å². The molecule has 2 unspecified atom stereocenters. The third-order valence-electron chi connectivity index (χ3n) is 4.39. The summed E-state index contributed by atoms with van der Waals surface area (Å²) in [7, 11) is 1.59. The van der Waals surface area contributed by atoms with Crippen LogP contribution in [0.2, 0.25) is 0 Å². The van der Waals surface area contributed by atoms with Crippen LogP contribution in [-0.4, -0.2) is 19.2 Å². The Morgan fingerprint density at radius 2 is 1.73 bits per heavy atom. The zero-order valence-electron chi connectivity index (χ0n) is 13.9. The lowest BCUT2D eigenvalue weighted by Gasteiger charge is -2.38. The standard InChI is InChI=1S/C18H26O4/c1-18(2,3)15-7-5-6-8-16(15)21-22-17(19)13-9-11-14(20-4)12-10-13/h9-12,15-16H,5-8H2,1-4H3. The molecule has 0 N–H and O–H groups in total. The van der Waals surface area contributed by atoms with Gasteiger partial charge in [-0.25, -0.2) is 4.79 Å². The molecule has 0 aliphatic heterocycles. The SMILES string of the molecule is COc1ccc(C(=O)OOC2CCCCC2C(C)(C)C)cc1. The van der Waals surface area contributed by atoms with Gasteiger partial charge in [0.15, 0.2) is 0 Å². The molecule has 2 atom stereocenters. The Labute approximate surface area is 132 Å². The fraction of sp³-hybridized carbons (Fsp3) is 0.611. The lowest BCUT2D eigenvalue weighted by molar-refractivity contribution is -0.297. The highest BCUT2D eigenvalue weighted by Gasteiger charge is 2.36. The molecule has 1 aromatic rings. The number of hydrogen-bond acceptors (Lipinski definition) is 4. The lowest BCUT2D eigenvalue weighted by Crippen LogP contribution is -2.37. The normalized spacial score (nSPS) is 22.2. The molecule has 0 aromatic heterocycles. The number of benzene rings is 1. The summed E-state index contributed by atoms with van der Waals surface area (Å²) in [4.78, 5) is 22.7. The number of rotatable bonds is 4. The van der Waals surface area contributed by atoms with E-state index in [1.54, 1.807) is 31.4 Å². The molecule has 1 aliphatic rings.